The van der Waals surface area contributed by atoms with Crippen LogP contribution in [-0.2, 0) is 10.0 Å². The van der Waals surface area contributed by atoms with Gasteiger partial charge in [0.15, 0.2) is 0 Å². The van der Waals surface area contributed by atoms with E-state index in [-0.39, 0.29) is 11.8 Å². The number of anilines is 1. The number of sulfonamides is 1. The molecule has 108 valence electrons. The van der Waals surface area contributed by atoms with Gasteiger partial charge in [0, 0.05) is 28.9 Å². The molecule has 0 aliphatic rings. The van der Waals surface area contributed by atoms with Crippen molar-refractivity contribution in [3.63, 3.8) is 0 Å². The van der Waals surface area contributed by atoms with Gasteiger partial charge in [0.2, 0.25) is 10.0 Å². The molecule has 0 bridgehead atoms. The van der Waals surface area contributed by atoms with Crippen LogP contribution in [0.2, 0.25) is 0 Å². The molecule has 0 amide bonds. The molecule has 1 aromatic rings. The number of para-hydroxylation sites is 1. The highest BCUT2D eigenvalue weighted by molar-refractivity contribution is 8.00. The van der Waals surface area contributed by atoms with E-state index in [4.69, 9.17) is 5.73 Å². The molecule has 19 heavy (non-hydrogen) atoms. The first-order valence-electron chi connectivity index (χ1n) is 6.35. The topological polar surface area (TPSA) is 63.4 Å². The second-order valence-electron chi connectivity index (χ2n) is 4.50. The van der Waals surface area contributed by atoms with Gasteiger partial charge in [-0.1, -0.05) is 19.1 Å². The number of benzene rings is 1. The third-order valence-electron chi connectivity index (χ3n) is 2.76. The molecule has 6 heteroatoms. The Kier molecular flexibility index (Phi) is 6.16. The summed E-state index contributed by atoms with van der Waals surface area (Å²) in [5, 5.41) is 0. The second kappa shape index (κ2) is 7.17. The van der Waals surface area contributed by atoms with Crippen LogP contribution in [0.1, 0.15) is 20.8 Å². The smallest absolute Gasteiger partial charge is 0.215 e. The van der Waals surface area contributed by atoms with Crippen molar-refractivity contribution in [1.82, 2.24) is 4.31 Å². The zero-order valence-corrected chi connectivity index (χ0v) is 13.3. The molecule has 2 N–H and O–H groups in total. The van der Waals surface area contributed by atoms with E-state index in [2.05, 4.69) is 0 Å². The lowest BCUT2D eigenvalue weighted by atomic mass is 10.3. The Labute approximate surface area is 120 Å². The fraction of sp³-hybridized carbons (Fsp3) is 0.538. The summed E-state index contributed by atoms with van der Waals surface area (Å²) in [7, 11) is -3.18. The van der Waals surface area contributed by atoms with Crippen molar-refractivity contribution in [3.05, 3.63) is 24.3 Å². The first-order valence-corrected chi connectivity index (χ1v) is 8.94. The quantitative estimate of drug-likeness (QED) is 0.620. The van der Waals surface area contributed by atoms with Gasteiger partial charge in [-0.25, -0.2) is 8.42 Å². The van der Waals surface area contributed by atoms with Crippen LogP contribution < -0.4 is 5.73 Å². The third kappa shape index (κ3) is 4.71. The van der Waals surface area contributed by atoms with Crippen molar-refractivity contribution in [1.29, 1.82) is 0 Å². The van der Waals surface area contributed by atoms with Crippen LogP contribution in [0, 0.1) is 0 Å². The number of thioether (sulfide) groups is 1. The van der Waals surface area contributed by atoms with E-state index in [1.165, 1.54) is 16.1 Å². The maximum atomic E-state index is 12.2. The Bertz CT molecular complexity index is 501. The lowest BCUT2D eigenvalue weighted by Crippen LogP contribution is -2.38. The SMILES string of the molecule is CCN(C(C)C)S(=O)(=O)CCSc1ccccc1N. The Morgan fingerprint density at radius 1 is 1.32 bits per heavy atom. The minimum atomic E-state index is -3.18. The van der Waals surface area contributed by atoms with Crippen molar-refractivity contribution in [2.45, 2.75) is 31.7 Å². The average Bonchev–Trinajstić information content (AvgIpc) is 2.31. The van der Waals surface area contributed by atoms with Gasteiger partial charge in [-0.3, -0.25) is 0 Å². The number of hydrogen-bond donors (Lipinski definition) is 1. The number of hydrogen-bond acceptors (Lipinski definition) is 4. The molecule has 0 saturated heterocycles. The van der Waals surface area contributed by atoms with Gasteiger partial charge in [-0.15, -0.1) is 11.8 Å². The molecular formula is C13H22N2O2S2. The summed E-state index contributed by atoms with van der Waals surface area (Å²) in [5.41, 5.74) is 6.52. The molecule has 0 heterocycles. The highest BCUT2D eigenvalue weighted by atomic mass is 32.2. The molecule has 0 saturated carbocycles. The van der Waals surface area contributed by atoms with E-state index in [9.17, 15) is 8.42 Å². The van der Waals surface area contributed by atoms with Crippen molar-refractivity contribution in [2.75, 3.05) is 23.8 Å². The van der Waals surface area contributed by atoms with Crippen molar-refractivity contribution in [3.8, 4) is 0 Å². The summed E-state index contributed by atoms with van der Waals surface area (Å²) in [6.45, 7) is 6.16. The maximum absolute atomic E-state index is 12.2. The number of nitrogens with two attached hydrogens (primary N) is 1. The van der Waals surface area contributed by atoms with Crippen LogP contribution in [0.15, 0.2) is 29.2 Å². The molecule has 0 unspecified atom stereocenters. The molecule has 0 aliphatic carbocycles. The number of nitrogens with zero attached hydrogens (tertiary/aromatic N) is 1. The van der Waals surface area contributed by atoms with Crippen molar-refractivity contribution >= 4 is 27.5 Å². The van der Waals surface area contributed by atoms with Crippen molar-refractivity contribution in [2.24, 2.45) is 0 Å². The van der Waals surface area contributed by atoms with E-state index in [0.717, 1.165) is 4.90 Å². The lowest BCUT2D eigenvalue weighted by molar-refractivity contribution is 0.370. The molecule has 0 aliphatic heterocycles. The molecule has 0 spiro atoms. The Hall–Kier alpha value is -0.720. The normalized spacial score (nSPS) is 12.3. The van der Waals surface area contributed by atoms with Crippen LogP contribution in [0.5, 0.6) is 0 Å². The van der Waals surface area contributed by atoms with Crippen LogP contribution in [0.3, 0.4) is 0 Å². The van der Waals surface area contributed by atoms with Gasteiger partial charge in [0.05, 0.1) is 5.75 Å². The van der Waals surface area contributed by atoms with Crippen LogP contribution in [-0.4, -0.2) is 36.8 Å². The molecule has 4 nitrogen and oxygen atoms in total. The summed E-state index contributed by atoms with van der Waals surface area (Å²) in [6.07, 6.45) is 0. The summed E-state index contributed by atoms with van der Waals surface area (Å²) in [6, 6.07) is 7.50. The van der Waals surface area contributed by atoms with E-state index in [1.54, 1.807) is 0 Å². The predicted molar refractivity (Wildman–Crippen MR) is 82.9 cm³/mol. The fourth-order valence-corrected chi connectivity index (χ4v) is 4.94. The fourth-order valence-electron chi connectivity index (χ4n) is 1.87. The molecule has 0 aromatic heterocycles. The molecule has 0 atom stereocenters. The van der Waals surface area contributed by atoms with Crippen LogP contribution in [0.25, 0.3) is 0 Å². The lowest BCUT2D eigenvalue weighted by Gasteiger charge is -2.24. The van der Waals surface area contributed by atoms with Crippen LogP contribution in [0.4, 0.5) is 5.69 Å². The van der Waals surface area contributed by atoms with Gasteiger partial charge in [0.1, 0.15) is 0 Å². The first-order chi connectivity index (χ1) is 8.88. The molecule has 1 aromatic carbocycles. The Morgan fingerprint density at radius 2 is 1.95 bits per heavy atom. The molecule has 0 fully saturated rings. The monoisotopic (exact) mass is 302 g/mol. The van der Waals surface area contributed by atoms with Gasteiger partial charge in [0.25, 0.3) is 0 Å². The highest BCUT2D eigenvalue weighted by Gasteiger charge is 2.22. The maximum Gasteiger partial charge on any atom is 0.215 e. The van der Waals surface area contributed by atoms with E-state index >= 15 is 0 Å². The summed E-state index contributed by atoms with van der Waals surface area (Å²) in [5.74, 6) is 0.651. The Balaban J connectivity index is 2.60. The predicted octanol–water partition coefficient (Wildman–Crippen LogP) is 2.42. The van der Waals surface area contributed by atoms with Gasteiger partial charge >= 0.3 is 0 Å². The van der Waals surface area contributed by atoms with E-state index in [1.807, 2.05) is 45.0 Å². The highest BCUT2D eigenvalue weighted by Crippen LogP contribution is 2.24. The van der Waals surface area contributed by atoms with E-state index < -0.39 is 10.0 Å². The summed E-state index contributed by atoms with van der Waals surface area (Å²) in [4.78, 5) is 0.935. The minimum Gasteiger partial charge on any atom is -0.398 e. The largest absolute Gasteiger partial charge is 0.398 e. The molecule has 0 radical (unpaired) electrons. The van der Waals surface area contributed by atoms with E-state index in [0.29, 0.717) is 18.0 Å². The number of nitrogen functional groups attached to an aromatic ring is 1. The Morgan fingerprint density at radius 3 is 2.47 bits per heavy atom. The standard InChI is InChI=1S/C13H22N2O2S2/c1-4-15(11(2)3)19(16,17)10-9-18-13-8-6-5-7-12(13)14/h5-8,11H,4,9-10,14H2,1-3H3. The number of rotatable bonds is 7. The minimum absolute atomic E-state index is 0.00166. The van der Waals surface area contributed by atoms with Gasteiger partial charge in [-0.05, 0) is 26.0 Å². The second-order valence-corrected chi connectivity index (χ2v) is 7.68. The average molecular weight is 302 g/mol. The molecule has 1 rings (SSSR count). The summed E-state index contributed by atoms with van der Waals surface area (Å²) < 4.78 is 25.8. The van der Waals surface area contributed by atoms with Gasteiger partial charge in [-0.2, -0.15) is 4.31 Å². The molecular weight excluding hydrogens is 280 g/mol. The third-order valence-corrected chi connectivity index (χ3v) is 6.23. The van der Waals surface area contributed by atoms with Crippen LogP contribution >= 0.6 is 11.8 Å². The zero-order valence-electron chi connectivity index (χ0n) is 11.7. The zero-order chi connectivity index (χ0) is 14.5. The van der Waals surface area contributed by atoms with Gasteiger partial charge < -0.3 is 5.73 Å². The van der Waals surface area contributed by atoms with Crippen molar-refractivity contribution < 1.29 is 8.42 Å². The summed E-state index contributed by atoms with van der Waals surface area (Å²) >= 11 is 1.48. The first kappa shape index (κ1) is 16.3.